The largest absolute Gasteiger partial charge is 0.493 e. The lowest BCUT2D eigenvalue weighted by Gasteiger charge is -2.28. The Morgan fingerprint density at radius 2 is 1.61 bits per heavy atom. The SMILES string of the molecule is CC(C)C[C@@H]1NC(=O)C[C@@H](C(=O)NCCN(C)C)NC(=O)c2ccccc2OCCCCCCN(C)C(=O)[C@H](Cc2ccccc2)NC1=O. The first kappa shape index (κ1) is 39.0. The van der Waals surface area contributed by atoms with Crippen molar-refractivity contribution >= 4 is 29.5 Å². The molecule has 0 saturated heterocycles. The summed E-state index contributed by atoms with van der Waals surface area (Å²) >= 11 is 0. The average molecular weight is 679 g/mol. The molecule has 5 amide bonds. The second kappa shape index (κ2) is 20.2. The molecule has 2 aromatic rings. The average Bonchev–Trinajstić information content (AvgIpc) is 3.06. The topological polar surface area (TPSA) is 149 Å². The molecule has 0 aliphatic carbocycles. The molecule has 12 nitrogen and oxygen atoms in total. The summed E-state index contributed by atoms with van der Waals surface area (Å²) in [6.45, 7) is 5.64. The van der Waals surface area contributed by atoms with Crippen LogP contribution in [0, 0.1) is 5.92 Å². The number of amides is 5. The van der Waals surface area contributed by atoms with Gasteiger partial charge in [-0.15, -0.1) is 0 Å². The first-order valence-electron chi connectivity index (χ1n) is 17.3. The molecule has 0 radical (unpaired) electrons. The highest BCUT2D eigenvalue weighted by Gasteiger charge is 2.31. The van der Waals surface area contributed by atoms with E-state index in [-0.39, 0.29) is 23.8 Å². The smallest absolute Gasteiger partial charge is 0.255 e. The third-order valence-corrected chi connectivity index (χ3v) is 8.28. The number of likely N-dealkylation sites (N-methyl/N-ethyl adjacent to an activating group) is 2. The van der Waals surface area contributed by atoms with Crippen molar-refractivity contribution in [1.82, 2.24) is 31.1 Å². The molecule has 0 bridgehead atoms. The third-order valence-electron chi connectivity index (χ3n) is 8.28. The zero-order valence-electron chi connectivity index (χ0n) is 29.6. The zero-order chi connectivity index (χ0) is 35.8. The monoisotopic (exact) mass is 678 g/mol. The lowest BCUT2D eigenvalue weighted by atomic mass is 10.0. The Kier molecular flexibility index (Phi) is 16.0. The van der Waals surface area contributed by atoms with E-state index < -0.39 is 48.2 Å². The molecule has 2 aromatic carbocycles. The van der Waals surface area contributed by atoms with E-state index in [0.717, 1.165) is 31.2 Å². The number of hydrogen-bond acceptors (Lipinski definition) is 7. The molecule has 0 unspecified atom stereocenters. The number of rotatable bonds is 8. The van der Waals surface area contributed by atoms with E-state index in [1.807, 2.05) is 63.2 Å². The van der Waals surface area contributed by atoms with Gasteiger partial charge in [0.25, 0.3) is 5.91 Å². The van der Waals surface area contributed by atoms with Crippen LogP contribution in [-0.4, -0.2) is 105 Å². The molecular formula is C37H54N6O6. The number of benzene rings is 2. The molecule has 3 atom stereocenters. The molecule has 0 fully saturated rings. The Bertz CT molecular complexity index is 1380. The van der Waals surface area contributed by atoms with E-state index >= 15 is 0 Å². The number of carbonyl (C=O) groups is 5. The molecule has 0 spiro atoms. The molecule has 1 heterocycles. The van der Waals surface area contributed by atoms with E-state index in [9.17, 15) is 24.0 Å². The molecule has 3 rings (SSSR count). The second-order valence-corrected chi connectivity index (χ2v) is 13.3. The summed E-state index contributed by atoms with van der Waals surface area (Å²) in [6, 6.07) is 13.2. The number of nitrogens with zero attached hydrogens (tertiary/aromatic N) is 2. The molecule has 4 N–H and O–H groups in total. The van der Waals surface area contributed by atoms with Crippen LogP contribution in [0.1, 0.15) is 68.3 Å². The summed E-state index contributed by atoms with van der Waals surface area (Å²) in [5.41, 5.74) is 1.14. The first-order valence-corrected chi connectivity index (χ1v) is 17.3. The number of fused-ring (bicyclic) bond motifs is 1. The van der Waals surface area contributed by atoms with Crippen LogP contribution in [0.3, 0.4) is 0 Å². The van der Waals surface area contributed by atoms with E-state index in [2.05, 4.69) is 21.3 Å². The van der Waals surface area contributed by atoms with Crippen molar-refractivity contribution < 1.29 is 28.7 Å². The Balaban J connectivity index is 1.91. The van der Waals surface area contributed by atoms with Crippen molar-refractivity contribution in [2.24, 2.45) is 5.92 Å². The molecular weight excluding hydrogens is 624 g/mol. The van der Waals surface area contributed by atoms with Crippen LogP contribution in [0.25, 0.3) is 0 Å². The molecule has 268 valence electrons. The minimum Gasteiger partial charge on any atom is -0.493 e. The van der Waals surface area contributed by atoms with Gasteiger partial charge in [-0.05, 0) is 57.0 Å². The van der Waals surface area contributed by atoms with Crippen LogP contribution in [0.5, 0.6) is 5.75 Å². The van der Waals surface area contributed by atoms with Crippen LogP contribution in [-0.2, 0) is 25.6 Å². The van der Waals surface area contributed by atoms with Crippen LogP contribution in [0.4, 0.5) is 0 Å². The highest BCUT2D eigenvalue weighted by Crippen LogP contribution is 2.19. The van der Waals surface area contributed by atoms with Crippen molar-refractivity contribution in [3.05, 3.63) is 65.7 Å². The summed E-state index contributed by atoms with van der Waals surface area (Å²) in [7, 11) is 5.48. The lowest BCUT2D eigenvalue weighted by molar-refractivity contribution is -0.137. The van der Waals surface area contributed by atoms with Crippen LogP contribution in [0.15, 0.2) is 54.6 Å². The molecule has 1 aliphatic rings. The van der Waals surface area contributed by atoms with E-state index in [4.69, 9.17) is 4.74 Å². The van der Waals surface area contributed by atoms with Crippen molar-refractivity contribution in [2.45, 2.75) is 76.9 Å². The lowest BCUT2D eigenvalue weighted by Crippen LogP contribution is -2.56. The Morgan fingerprint density at radius 1 is 0.918 bits per heavy atom. The van der Waals surface area contributed by atoms with Crippen LogP contribution in [0.2, 0.25) is 0 Å². The normalized spacial score (nSPS) is 20.7. The Hall–Kier alpha value is -4.45. The highest BCUT2D eigenvalue weighted by molar-refractivity contribution is 6.01. The van der Waals surface area contributed by atoms with E-state index in [1.54, 1.807) is 36.2 Å². The number of hydrogen-bond donors (Lipinski definition) is 4. The summed E-state index contributed by atoms with van der Waals surface area (Å²) in [5.74, 6) is -1.96. The van der Waals surface area contributed by atoms with Gasteiger partial charge < -0.3 is 35.8 Å². The van der Waals surface area contributed by atoms with Gasteiger partial charge in [0.2, 0.25) is 23.6 Å². The van der Waals surface area contributed by atoms with Gasteiger partial charge in [-0.2, -0.15) is 0 Å². The van der Waals surface area contributed by atoms with Crippen molar-refractivity contribution in [2.75, 3.05) is 47.4 Å². The second-order valence-electron chi connectivity index (χ2n) is 13.3. The van der Waals surface area contributed by atoms with Crippen molar-refractivity contribution in [1.29, 1.82) is 0 Å². The summed E-state index contributed by atoms with van der Waals surface area (Å²) < 4.78 is 5.98. The third kappa shape index (κ3) is 13.5. The quantitative estimate of drug-likeness (QED) is 0.335. The maximum Gasteiger partial charge on any atom is 0.255 e. The van der Waals surface area contributed by atoms with Gasteiger partial charge in [-0.3, -0.25) is 24.0 Å². The minimum atomic E-state index is -1.22. The van der Waals surface area contributed by atoms with E-state index in [1.165, 1.54) is 0 Å². The Morgan fingerprint density at radius 3 is 2.33 bits per heavy atom. The van der Waals surface area contributed by atoms with E-state index in [0.29, 0.717) is 38.4 Å². The predicted molar refractivity (Wildman–Crippen MR) is 189 cm³/mol. The fourth-order valence-corrected chi connectivity index (χ4v) is 5.58. The summed E-state index contributed by atoms with van der Waals surface area (Å²) in [4.78, 5) is 71.5. The number of ether oxygens (including phenoxy) is 1. The van der Waals surface area contributed by atoms with Gasteiger partial charge in [0.05, 0.1) is 18.6 Å². The number of para-hydroxylation sites is 1. The first-order chi connectivity index (χ1) is 23.4. The fraction of sp³-hybridized carbons (Fsp3) is 0.541. The van der Waals surface area contributed by atoms with Gasteiger partial charge >= 0.3 is 0 Å². The predicted octanol–water partition coefficient (Wildman–Crippen LogP) is 2.52. The summed E-state index contributed by atoms with van der Waals surface area (Å²) in [5, 5.41) is 11.2. The van der Waals surface area contributed by atoms with Crippen LogP contribution < -0.4 is 26.0 Å². The van der Waals surface area contributed by atoms with Crippen molar-refractivity contribution in [3.63, 3.8) is 0 Å². The zero-order valence-corrected chi connectivity index (χ0v) is 29.6. The van der Waals surface area contributed by atoms with Gasteiger partial charge in [0.15, 0.2) is 0 Å². The van der Waals surface area contributed by atoms with Gasteiger partial charge in [0, 0.05) is 33.1 Å². The maximum absolute atomic E-state index is 13.8. The maximum atomic E-state index is 13.8. The Labute approximate surface area is 290 Å². The number of nitrogens with one attached hydrogen (secondary N) is 4. The summed E-state index contributed by atoms with van der Waals surface area (Å²) in [6.07, 6.45) is 3.44. The van der Waals surface area contributed by atoms with Crippen LogP contribution >= 0.6 is 0 Å². The van der Waals surface area contributed by atoms with Crippen molar-refractivity contribution in [3.8, 4) is 5.75 Å². The van der Waals surface area contributed by atoms with Gasteiger partial charge in [-0.25, -0.2) is 0 Å². The molecule has 1 aliphatic heterocycles. The molecule has 0 saturated carbocycles. The molecule has 49 heavy (non-hydrogen) atoms. The van der Waals surface area contributed by atoms with Gasteiger partial charge in [0.1, 0.15) is 23.9 Å². The highest BCUT2D eigenvalue weighted by atomic mass is 16.5. The molecule has 0 aromatic heterocycles. The number of carbonyl (C=O) groups excluding carboxylic acids is 5. The molecule has 12 heteroatoms. The fourth-order valence-electron chi connectivity index (χ4n) is 5.58. The standard InChI is InChI=1S/C37H54N6O6/c1-26(2)23-29-36(47)41-31(24-27-15-9-8-10-16-27)37(48)43(5)20-13-6-7-14-22-49-32-18-12-11-17-28(32)34(45)40-30(25-33(44)39-29)35(46)38-19-21-42(3)4/h8-12,15-18,26,29-31H,6-7,13-14,19-25H2,1-5H3,(H,38,46)(H,39,44)(H,40,45)(H,41,47)/t29-,30-,31-/m0/s1. The van der Waals surface area contributed by atoms with Gasteiger partial charge in [-0.1, -0.05) is 69.2 Å². The minimum absolute atomic E-state index is 0.0258.